The van der Waals surface area contributed by atoms with Crippen molar-refractivity contribution in [2.45, 2.75) is 13.3 Å². The van der Waals surface area contributed by atoms with Crippen LogP contribution in [0.1, 0.15) is 13.3 Å². The Hall–Kier alpha value is -0.380. The van der Waals surface area contributed by atoms with E-state index in [2.05, 4.69) is 18.8 Å². The second-order valence-electron chi connectivity index (χ2n) is 3.74. The monoisotopic (exact) mass is 201 g/mol. The molecular weight excluding hydrogens is 178 g/mol. The zero-order valence-electron chi connectivity index (χ0n) is 9.64. The van der Waals surface area contributed by atoms with Crippen molar-refractivity contribution in [1.29, 1.82) is 0 Å². The molecule has 0 bridgehead atoms. The van der Waals surface area contributed by atoms with E-state index >= 15 is 0 Å². The van der Waals surface area contributed by atoms with Crippen LogP contribution in [-0.4, -0.2) is 40.5 Å². The Bertz CT molecular complexity index is 150. The van der Waals surface area contributed by atoms with Gasteiger partial charge in [-0.3, -0.25) is 0 Å². The van der Waals surface area contributed by atoms with E-state index in [1.54, 1.807) is 7.11 Å². The van der Waals surface area contributed by atoms with Gasteiger partial charge in [0.05, 0.1) is 13.2 Å². The van der Waals surface area contributed by atoms with Crippen molar-refractivity contribution in [1.82, 2.24) is 5.32 Å². The van der Waals surface area contributed by atoms with Crippen LogP contribution >= 0.6 is 0 Å². The Kier molecular flexibility index (Phi) is 7.76. The van der Waals surface area contributed by atoms with Gasteiger partial charge in [-0.25, -0.2) is 0 Å². The maximum atomic E-state index is 5.42. The number of hydrogen-bond donors (Lipinski definition) is 1. The highest BCUT2D eigenvalue weighted by Gasteiger charge is 2.18. The van der Waals surface area contributed by atoms with Gasteiger partial charge in [0.1, 0.15) is 0 Å². The highest BCUT2D eigenvalue weighted by atomic mass is 16.5. The first-order valence-electron chi connectivity index (χ1n) is 5.03. The number of rotatable bonds is 9. The van der Waals surface area contributed by atoms with Crippen LogP contribution in [0.2, 0.25) is 0 Å². The minimum Gasteiger partial charge on any atom is -0.382 e. The highest BCUT2D eigenvalue weighted by molar-refractivity contribution is 4.92. The van der Waals surface area contributed by atoms with E-state index in [9.17, 15) is 0 Å². The molecule has 0 rings (SSSR count). The molecule has 0 aromatic carbocycles. The second kappa shape index (κ2) is 7.97. The van der Waals surface area contributed by atoms with E-state index in [1.807, 2.05) is 13.1 Å². The van der Waals surface area contributed by atoms with Gasteiger partial charge < -0.3 is 14.8 Å². The minimum absolute atomic E-state index is 0.127. The molecule has 0 radical (unpaired) electrons. The summed E-state index contributed by atoms with van der Waals surface area (Å²) >= 11 is 0. The van der Waals surface area contributed by atoms with Gasteiger partial charge in [-0.2, -0.15) is 0 Å². The highest BCUT2D eigenvalue weighted by Crippen LogP contribution is 2.21. The van der Waals surface area contributed by atoms with Crippen LogP contribution in [-0.2, 0) is 9.47 Å². The average Bonchev–Trinajstić information content (AvgIpc) is 2.18. The summed E-state index contributed by atoms with van der Waals surface area (Å²) in [5.74, 6) is 0. The van der Waals surface area contributed by atoms with Crippen molar-refractivity contribution in [2.75, 3.05) is 40.5 Å². The number of nitrogens with one attached hydrogen (secondary N) is 1. The lowest BCUT2D eigenvalue weighted by atomic mass is 9.87. The lowest BCUT2D eigenvalue weighted by Crippen LogP contribution is -2.29. The van der Waals surface area contributed by atoms with E-state index in [0.717, 1.165) is 19.6 Å². The normalized spacial score (nSPS) is 15.1. The van der Waals surface area contributed by atoms with Crippen molar-refractivity contribution in [3.8, 4) is 0 Å². The summed E-state index contributed by atoms with van der Waals surface area (Å²) in [6.45, 7) is 9.05. The molecule has 0 aliphatic carbocycles. The van der Waals surface area contributed by atoms with Crippen LogP contribution in [0, 0.1) is 5.41 Å². The number of methoxy groups -OCH3 is 1. The third-order valence-electron chi connectivity index (χ3n) is 2.32. The van der Waals surface area contributed by atoms with Gasteiger partial charge in [-0.05, 0) is 18.9 Å². The lowest BCUT2D eigenvalue weighted by molar-refractivity contribution is 0.0592. The Balaban J connectivity index is 3.56. The first kappa shape index (κ1) is 13.6. The van der Waals surface area contributed by atoms with E-state index < -0.39 is 0 Å². The van der Waals surface area contributed by atoms with E-state index in [0.29, 0.717) is 13.2 Å². The quantitative estimate of drug-likeness (QED) is 0.452. The van der Waals surface area contributed by atoms with Gasteiger partial charge in [0.25, 0.3) is 0 Å². The molecule has 0 heterocycles. The largest absolute Gasteiger partial charge is 0.382 e. The first-order valence-corrected chi connectivity index (χ1v) is 5.03. The van der Waals surface area contributed by atoms with Crippen molar-refractivity contribution in [3.05, 3.63) is 12.7 Å². The van der Waals surface area contributed by atoms with Gasteiger partial charge in [0.15, 0.2) is 0 Å². The molecule has 3 nitrogen and oxygen atoms in total. The second-order valence-corrected chi connectivity index (χ2v) is 3.74. The Morgan fingerprint density at radius 2 is 2.07 bits per heavy atom. The van der Waals surface area contributed by atoms with E-state index in [4.69, 9.17) is 9.47 Å². The fraction of sp³-hybridized carbons (Fsp3) is 0.818. The zero-order valence-corrected chi connectivity index (χ0v) is 9.64. The summed E-state index contributed by atoms with van der Waals surface area (Å²) < 4.78 is 10.3. The van der Waals surface area contributed by atoms with Crippen LogP contribution < -0.4 is 5.32 Å². The van der Waals surface area contributed by atoms with Crippen LogP contribution in [0.5, 0.6) is 0 Å². The Morgan fingerprint density at radius 1 is 1.36 bits per heavy atom. The fourth-order valence-corrected chi connectivity index (χ4v) is 1.22. The molecule has 0 aromatic heterocycles. The average molecular weight is 201 g/mol. The van der Waals surface area contributed by atoms with Crippen molar-refractivity contribution in [3.63, 3.8) is 0 Å². The van der Waals surface area contributed by atoms with E-state index in [1.165, 1.54) is 0 Å². The molecule has 84 valence electrons. The topological polar surface area (TPSA) is 30.5 Å². The third kappa shape index (κ3) is 6.13. The predicted molar refractivity (Wildman–Crippen MR) is 59.5 cm³/mol. The van der Waals surface area contributed by atoms with Crippen molar-refractivity contribution < 1.29 is 9.47 Å². The SMILES string of the molecule is C=CC(C)(CCOCCOC)CNC. The summed E-state index contributed by atoms with van der Waals surface area (Å²) in [4.78, 5) is 0. The maximum Gasteiger partial charge on any atom is 0.0700 e. The minimum atomic E-state index is 0.127. The van der Waals surface area contributed by atoms with Crippen molar-refractivity contribution in [2.24, 2.45) is 5.41 Å². The molecule has 1 atom stereocenters. The van der Waals surface area contributed by atoms with Gasteiger partial charge in [0, 0.05) is 20.3 Å². The molecule has 14 heavy (non-hydrogen) atoms. The Morgan fingerprint density at radius 3 is 2.57 bits per heavy atom. The molecule has 0 spiro atoms. The summed E-state index contributed by atoms with van der Waals surface area (Å²) in [6, 6.07) is 0. The number of ether oxygens (including phenoxy) is 2. The lowest BCUT2D eigenvalue weighted by Gasteiger charge is -2.25. The molecule has 0 amide bonds. The molecule has 0 aliphatic rings. The predicted octanol–water partition coefficient (Wildman–Crippen LogP) is 1.45. The molecule has 0 fully saturated rings. The fourth-order valence-electron chi connectivity index (χ4n) is 1.22. The maximum absolute atomic E-state index is 5.42. The molecular formula is C11H23NO2. The third-order valence-corrected chi connectivity index (χ3v) is 2.32. The standard InChI is InChI=1S/C11H23NO2/c1-5-11(2,10-12-3)6-7-14-9-8-13-4/h5,12H,1,6-10H2,2-4H3. The van der Waals surface area contributed by atoms with Gasteiger partial charge >= 0.3 is 0 Å². The summed E-state index contributed by atoms with van der Waals surface area (Å²) in [5.41, 5.74) is 0.127. The van der Waals surface area contributed by atoms with Crippen LogP contribution in [0.4, 0.5) is 0 Å². The number of hydrogen-bond acceptors (Lipinski definition) is 3. The van der Waals surface area contributed by atoms with Gasteiger partial charge in [0.2, 0.25) is 0 Å². The zero-order chi connectivity index (χ0) is 10.9. The Labute approximate surface area is 87.5 Å². The first-order chi connectivity index (χ1) is 6.68. The molecule has 0 saturated heterocycles. The van der Waals surface area contributed by atoms with Crippen molar-refractivity contribution >= 4 is 0 Å². The van der Waals surface area contributed by atoms with Gasteiger partial charge in [-0.15, -0.1) is 6.58 Å². The molecule has 0 aromatic rings. The summed E-state index contributed by atoms with van der Waals surface area (Å²) in [5, 5.41) is 3.16. The summed E-state index contributed by atoms with van der Waals surface area (Å²) in [6.07, 6.45) is 2.98. The van der Waals surface area contributed by atoms with Crippen LogP contribution in [0.25, 0.3) is 0 Å². The molecule has 0 saturated carbocycles. The smallest absolute Gasteiger partial charge is 0.0700 e. The molecule has 1 unspecified atom stereocenters. The van der Waals surface area contributed by atoms with Gasteiger partial charge in [-0.1, -0.05) is 13.0 Å². The molecule has 0 aliphatic heterocycles. The van der Waals surface area contributed by atoms with E-state index in [-0.39, 0.29) is 5.41 Å². The molecule has 1 N–H and O–H groups in total. The summed E-state index contributed by atoms with van der Waals surface area (Å²) in [7, 11) is 3.63. The van der Waals surface area contributed by atoms with Crippen LogP contribution in [0.3, 0.4) is 0 Å². The molecule has 3 heteroatoms. The van der Waals surface area contributed by atoms with Crippen LogP contribution in [0.15, 0.2) is 12.7 Å².